The third kappa shape index (κ3) is 4.56. The molecule has 0 saturated carbocycles. The zero-order valence-electron chi connectivity index (χ0n) is 13.1. The number of primary amides is 1. The first-order valence-corrected chi connectivity index (χ1v) is 8.52. The maximum atomic E-state index is 11.6. The Morgan fingerprint density at radius 2 is 2.09 bits per heavy atom. The average molecular weight is 384 g/mol. The van der Waals surface area contributed by atoms with Gasteiger partial charge in [0.15, 0.2) is 5.76 Å². The van der Waals surface area contributed by atoms with E-state index in [0.717, 1.165) is 16.5 Å². The van der Waals surface area contributed by atoms with E-state index in [4.69, 9.17) is 20.3 Å². The molecule has 0 spiro atoms. The number of carbonyl (C=O) groups excluding carboxylic acids is 1. The molecule has 0 bridgehead atoms. The highest BCUT2D eigenvalue weighted by Crippen LogP contribution is 2.39. The number of carbonyl (C=O) groups is 1. The van der Waals surface area contributed by atoms with Gasteiger partial charge in [-0.05, 0) is 43.5 Å². The Morgan fingerprint density at radius 3 is 2.65 bits per heavy atom. The molecule has 1 aromatic carbocycles. The SMILES string of the molecule is CCO[C@H]1OC(C(N)=O)=C[C@@H](c2ccc(Br)cc2)[C@H]1CCCO. The highest BCUT2D eigenvalue weighted by Gasteiger charge is 2.37. The fraction of sp³-hybridized carbons (Fsp3) is 0.471. The zero-order chi connectivity index (χ0) is 16.8. The van der Waals surface area contributed by atoms with Crippen molar-refractivity contribution in [3.8, 4) is 0 Å². The minimum Gasteiger partial charge on any atom is -0.459 e. The van der Waals surface area contributed by atoms with Crippen molar-refractivity contribution in [3.63, 3.8) is 0 Å². The smallest absolute Gasteiger partial charge is 0.283 e. The van der Waals surface area contributed by atoms with Gasteiger partial charge in [0.2, 0.25) is 6.29 Å². The molecule has 6 heteroatoms. The van der Waals surface area contributed by atoms with Crippen molar-refractivity contribution in [1.82, 2.24) is 0 Å². The number of amides is 1. The molecule has 1 aliphatic rings. The molecular formula is C17H22BrNO4. The van der Waals surface area contributed by atoms with Crippen molar-refractivity contribution in [3.05, 3.63) is 46.1 Å². The highest BCUT2D eigenvalue weighted by molar-refractivity contribution is 9.10. The third-order valence-corrected chi connectivity index (χ3v) is 4.44. The lowest BCUT2D eigenvalue weighted by Gasteiger charge is -2.36. The van der Waals surface area contributed by atoms with Crippen molar-refractivity contribution in [2.24, 2.45) is 11.7 Å². The van der Waals surface area contributed by atoms with Gasteiger partial charge in [-0.3, -0.25) is 4.79 Å². The van der Waals surface area contributed by atoms with Gasteiger partial charge in [-0.25, -0.2) is 0 Å². The van der Waals surface area contributed by atoms with E-state index in [9.17, 15) is 4.79 Å². The second-order valence-corrected chi connectivity index (χ2v) is 6.36. The molecule has 0 aliphatic carbocycles. The maximum absolute atomic E-state index is 11.6. The van der Waals surface area contributed by atoms with Gasteiger partial charge in [-0.15, -0.1) is 0 Å². The van der Waals surface area contributed by atoms with E-state index < -0.39 is 12.2 Å². The van der Waals surface area contributed by atoms with Gasteiger partial charge in [0, 0.05) is 29.5 Å². The molecule has 0 radical (unpaired) electrons. The monoisotopic (exact) mass is 383 g/mol. The molecule has 1 amide bonds. The summed E-state index contributed by atoms with van der Waals surface area (Å²) in [4.78, 5) is 11.6. The van der Waals surface area contributed by atoms with E-state index in [2.05, 4.69) is 15.9 Å². The number of aliphatic hydroxyl groups excluding tert-OH is 1. The first-order chi connectivity index (χ1) is 11.1. The number of nitrogens with two attached hydrogens (primary N) is 1. The van der Waals surface area contributed by atoms with E-state index in [-0.39, 0.29) is 24.2 Å². The minimum atomic E-state index is -0.600. The number of ether oxygens (including phenoxy) is 2. The molecule has 5 nitrogen and oxygen atoms in total. The number of hydrogen-bond donors (Lipinski definition) is 2. The van der Waals surface area contributed by atoms with Crippen molar-refractivity contribution < 1.29 is 19.4 Å². The summed E-state index contributed by atoms with van der Waals surface area (Å²) >= 11 is 3.43. The van der Waals surface area contributed by atoms with Crippen LogP contribution >= 0.6 is 15.9 Å². The Balaban J connectivity index is 2.38. The lowest BCUT2D eigenvalue weighted by Crippen LogP contribution is -2.37. The molecule has 3 atom stereocenters. The average Bonchev–Trinajstić information content (AvgIpc) is 2.54. The normalized spacial score (nSPS) is 24.0. The molecule has 1 heterocycles. The summed E-state index contributed by atoms with van der Waals surface area (Å²) in [6.07, 6.45) is 2.59. The standard InChI is InChI=1S/C17H22BrNO4/c1-2-22-17-13(4-3-9-20)14(10-15(23-17)16(19)21)11-5-7-12(18)8-6-11/h5-8,10,13-14,17,20H,2-4,9H2,1H3,(H2,19,21)/t13-,14+,17+/m1/s1. The number of allylic oxidation sites excluding steroid dienone is 1. The fourth-order valence-electron chi connectivity index (χ4n) is 2.84. The predicted molar refractivity (Wildman–Crippen MR) is 90.5 cm³/mol. The van der Waals surface area contributed by atoms with Crippen LogP contribution in [-0.4, -0.2) is 30.5 Å². The number of hydrogen-bond acceptors (Lipinski definition) is 4. The quantitative estimate of drug-likeness (QED) is 0.758. The van der Waals surface area contributed by atoms with Crippen molar-refractivity contribution in [1.29, 1.82) is 0 Å². The van der Waals surface area contributed by atoms with Gasteiger partial charge >= 0.3 is 0 Å². The van der Waals surface area contributed by atoms with Crippen LogP contribution in [0.5, 0.6) is 0 Å². The Bertz CT molecular complexity index is 558. The van der Waals surface area contributed by atoms with E-state index in [1.807, 2.05) is 31.2 Å². The van der Waals surface area contributed by atoms with Crippen LogP contribution in [0.2, 0.25) is 0 Å². The number of benzene rings is 1. The molecular weight excluding hydrogens is 362 g/mol. The van der Waals surface area contributed by atoms with Crippen LogP contribution in [0.15, 0.2) is 40.6 Å². The first kappa shape index (κ1) is 18.0. The molecule has 126 valence electrons. The second kappa shape index (κ2) is 8.47. The predicted octanol–water partition coefficient (Wildman–Crippen LogP) is 2.68. The van der Waals surface area contributed by atoms with Crippen LogP contribution in [0, 0.1) is 5.92 Å². The first-order valence-electron chi connectivity index (χ1n) is 7.73. The van der Waals surface area contributed by atoms with Crippen molar-refractivity contribution in [2.45, 2.75) is 32.0 Å². The Hall–Kier alpha value is -1.37. The molecule has 3 N–H and O–H groups in total. The highest BCUT2D eigenvalue weighted by atomic mass is 79.9. The molecule has 1 aliphatic heterocycles. The maximum Gasteiger partial charge on any atom is 0.283 e. The van der Waals surface area contributed by atoms with Gasteiger partial charge in [-0.2, -0.15) is 0 Å². The lowest BCUT2D eigenvalue weighted by molar-refractivity contribution is -0.165. The van der Waals surface area contributed by atoms with Gasteiger partial charge < -0.3 is 20.3 Å². The number of halogens is 1. The summed E-state index contributed by atoms with van der Waals surface area (Å²) in [6, 6.07) is 7.93. The zero-order valence-corrected chi connectivity index (χ0v) is 14.7. The van der Waals surface area contributed by atoms with E-state index in [1.54, 1.807) is 6.08 Å². The van der Waals surface area contributed by atoms with Gasteiger partial charge in [-0.1, -0.05) is 28.1 Å². The molecule has 23 heavy (non-hydrogen) atoms. The van der Waals surface area contributed by atoms with Crippen LogP contribution in [-0.2, 0) is 14.3 Å². The summed E-state index contributed by atoms with van der Waals surface area (Å²) in [5, 5.41) is 9.17. The van der Waals surface area contributed by atoms with Gasteiger partial charge in [0.05, 0.1) is 0 Å². The van der Waals surface area contributed by atoms with Crippen molar-refractivity contribution >= 4 is 21.8 Å². The van der Waals surface area contributed by atoms with Crippen LogP contribution in [0.1, 0.15) is 31.2 Å². The molecule has 0 saturated heterocycles. The topological polar surface area (TPSA) is 81.8 Å². The van der Waals surface area contributed by atoms with Crippen LogP contribution < -0.4 is 5.73 Å². The summed E-state index contributed by atoms with van der Waals surface area (Å²) in [5.74, 6) is -0.511. The van der Waals surface area contributed by atoms with E-state index >= 15 is 0 Å². The van der Waals surface area contributed by atoms with E-state index in [0.29, 0.717) is 13.0 Å². The molecule has 1 aromatic rings. The largest absolute Gasteiger partial charge is 0.459 e. The third-order valence-electron chi connectivity index (χ3n) is 3.91. The summed E-state index contributed by atoms with van der Waals surface area (Å²) in [5.41, 5.74) is 6.46. The van der Waals surface area contributed by atoms with Crippen molar-refractivity contribution in [2.75, 3.05) is 13.2 Å². The molecule has 0 fully saturated rings. The Kier molecular flexibility index (Phi) is 6.62. The van der Waals surface area contributed by atoms with Gasteiger partial charge in [0.1, 0.15) is 0 Å². The molecule has 0 unspecified atom stereocenters. The fourth-order valence-corrected chi connectivity index (χ4v) is 3.11. The molecule has 2 rings (SSSR count). The van der Waals surface area contributed by atoms with Gasteiger partial charge in [0.25, 0.3) is 5.91 Å². The lowest BCUT2D eigenvalue weighted by atomic mass is 9.80. The van der Waals surface area contributed by atoms with Crippen LogP contribution in [0.4, 0.5) is 0 Å². The number of rotatable bonds is 7. The van der Waals surface area contributed by atoms with Crippen LogP contribution in [0.25, 0.3) is 0 Å². The number of aliphatic hydroxyl groups is 1. The summed E-state index contributed by atoms with van der Waals surface area (Å²) < 4.78 is 12.3. The van der Waals surface area contributed by atoms with E-state index in [1.165, 1.54) is 0 Å². The second-order valence-electron chi connectivity index (χ2n) is 5.44. The summed E-state index contributed by atoms with van der Waals surface area (Å²) in [6.45, 7) is 2.46. The van der Waals surface area contributed by atoms with Crippen LogP contribution in [0.3, 0.4) is 0 Å². The minimum absolute atomic E-state index is 0.00590. The Labute approximate surface area is 144 Å². The Morgan fingerprint density at radius 1 is 1.39 bits per heavy atom. The molecule has 0 aromatic heterocycles. The summed E-state index contributed by atoms with van der Waals surface area (Å²) in [7, 11) is 0.